The van der Waals surface area contributed by atoms with E-state index < -0.39 is 0 Å². The Bertz CT molecular complexity index is 936. The molecule has 1 aliphatic carbocycles. The molecule has 2 aromatic rings. The maximum absolute atomic E-state index is 12.7. The van der Waals surface area contributed by atoms with Gasteiger partial charge in [-0.3, -0.25) is 14.3 Å². The molecule has 0 saturated heterocycles. The van der Waals surface area contributed by atoms with Crippen molar-refractivity contribution in [1.29, 1.82) is 0 Å². The van der Waals surface area contributed by atoms with Crippen molar-refractivity contribution < 1.29 is 9.59 Å². The summed E-state index contributed by atoms with van der Waals surface area (Å²) in [4.78, 5) is 27.2. The Morgan fingerprint density at radius 3 is 2.52 bits per heavy atom. The second kappa shape index (κ2) is 7.77. The first kappa shape index (κ1) is 19.9. The fraction of sp³-hybridized carbons (Fsp3) is 0.542. The van der Waals surface area contributed by atoms with Crippen LogP contribution in [-0.4, -0.2) is 32.9 Å². The van der Waals surface area contributed by atoms with E-state index in [1.807, 2.05) is 17.2 Å². The normalized spacial score (nSPS) is 16.3. The van der Waals surface area contributed by atoms with Gasteiger partial charge in [-0.2, -0.15) is 5.10 Å². The fourth-order valence-electron chi connectivity index (χ4n) is 4.55. The molecule has 29 heavy (non-hydrogen) atoms. The standard InChI is InChI=1S/C24H31N3O2/c1-24(2,3)27-21-12-13-26(16-20(21)15-25-27)23(29)11-10-22(28)19-9-8-17-6-4-5-7-18(17)14-19/h8-9,14-15H,4-7,10-13,16H2,1-3H3. The zero-order chi connectivity index (χ0) is 20.6. The molecule has 0 unspecified atom stereocenters. The van der Waals surface area contributed by atoms with Crippen molar-refractivity contribution in [3.8, 4) is 0 Å². The van der Waals surface area contributed by atoms with E-state index in [4.69, 9.17) is 0 Å². The molecule has 0 bridgehead atoms. The number of carbonyl (C=O) groups excluding carboxylic acids is 2. The van der Waals surface area contributed by atoms with Crippen molar-refractivity contribution >= 4 is 11.7 Å². The lowest BCUT2D eigenvalue weighted by Gasteiger charge is -2.30. The number of aromatic nitrogens is 2. The number of hydrogen-bond acceptors (Lipinski definition) is 3. The summed E-state index contributed by atoms with van der Waals surface area (Å²) >= 11 is 0. The molecule has 1 aromatic heterocycles. The molecule has 1 amide bonds. The van der Waals surface area contributed by atoms with Crippen LogP contribution in [0.1, 0.15) is 79.2 Å². The second-order valence-corrected chi connectivity index (χ2v) is 9.38. The van der Waals surface area contributed by atoms with E-state index in [9.17, 15) is 9.59 Å². The van der Waals surface area contributed by atoms with Crippen LogP contribution in [-0.2, 0) is 36.1 Å². The van der Waals surface area contributed by atoms with Gasteiger partial charge in [0.05, 0.1) is 11.7 Å². The SMILES string of the molecule is CC(C)(C)n1ncc2c1CCN(C(=O)CCC(=O)c1ccc3c(c1)CCCC3)C2. The first-order valence-electron chi connectivity index (χ1n) is 10.8. The smallest absolute Gasteiger partial charge is 0.223 e. The summed E-state index contributed by atoms with van der Waals surface area (Å²) in [5.74, 6) is 0.135. The maximum atomic E-state index is 12.7. The van der Waals surface area contributed by atoms with E-state index in [2.05, 4.69) is 42.7 Å². The van der Waals surface area contributed by atoms with Gasteiger partial charge >= 0.3 is 0 Å². The van der Waals surface area contributed by atoms with Gasteiger partial charge in [0.2, 0.25) is 5.91 Å². The van der Waals surface area contributed by atoms with Crippen LogP contribution in [0, 0.1) is 0 Å². The minimum Gasteiger partial charge on any atom is -0.338 e. The van der Waals surface area contributed by atoms with Crippen molar-refractivity contribution in [3.05, 3.63) is 52.3 Å². The molecule has 0 N–H and O–H groups in total. The number of amides is 1. The van der Waals surface area contributed by atoms with Crippen LogP contribution in [0.5, 0.6) is 0 Å². The fourth-order valence-corrected chi connectivity index (χ4v) is 4.55. The average molecular weight is 394 g/mol. The molecular formula is C24H31N3O2. The lowest BCUT2D eigenvalue weighted by molar-refractivity contribution is -0.132. The average Bonchev–Trinajstić information content (AvgIpc) is 3.15. The van der Waals surface area contributed by atoms with Crippen LogP contribution < -0.4 is 0 Å². The molecule has 1 aromatic carbocycles. The largest absolute Gasteiger partial charge is 0.338 e. The summed E-state index contributed by atoms with van der Waals surface area (Å²) < 4.78 is 2.07. The van der Waals surface area contributed by atoms with Gasteiger partial charge in [0, 0.05) is 49.2 Å². The Morgan fingerprint density at radius 1 is 1.00 bits per heavy atom. The van der Waals surface area contributed by atoms with Crippen molar-refractivity contribution in [2.24, 2.45) is 0 Å². The Morgan fingerprint density at radius 2 is 1.76 bits per heavy atom. The van der Waals surface area contributed by atoms with Crippen LogP contribution >= 0.6 is 0 Å². The van der Waals surface area contributed by atoms with Crippen LogP contribution in [0.4, 0.5) is 0 Å². The predicted molar refractivity (Wildman–Crippen MR) is 113 cm³/mol. The Hall–Kier alpha value is -2.43. The number of benzene rings is 1. The van der Waals surface area contributed by atoms with Gasteiger partial charge in [0.25, 0.3) is 0 Å². The third kappa shape index (κ3) is 4.14. The molecule has 0 spiro atoms. The molecule has 5 nitrogen and oxygen atoms in total. The van der Waals surface area contributed by atoms with E-state index in [-0.39, 0.29) is 30.1 Å². The van der Waals surface area contributed by atoms with Gasteiger partial charge in [0.15, 0.2) is 5.78 Å². The molecule has 2 heterocycles. The van der Waals surface area contributed by atoms with Crippen molar-refractivity contribution in [2.45, 2.75) is 77.8 Å². The molecule has 0 saturated carbocycles. The van der Waals surface area contributed by atoms with Crippen molar-refractivity contribution in [1.82, 2.24) is 14.7 Å². The van der Waals surface area contributed by atoms with Crippen LogP contribution in [0.25, 0.3) is 0 Å². The van der Waals surface area contributed by atoms with Gasteiger partial charge < -0.3 is 4.90 Å². The monoisotopic (exact) mass is 393 g/mol. The molecule has 0 radical (unpaired) electrons. The van der Waals surface area contributed by atoms with E-state index in [0.29, 0.717) is 13.1 Å². The Balaban J connectivity index is 1.35. The van der Waals surface area contributed by atoms with Crippen molar-refractivity contribution in [3.63, 3.8) is 0 Å². The minimum absolute atomic E-state index is 0.0545. The summed E-state index contributed by atoms with van der Waals surface area (Å²) in [5, 5.41) is 4.54. The highest BCUT2D eigenvalue weighted by Gasteiger charge is 2.27. The maximum Gasteiger partial charge on any atom is 0.223 e. The zero-order valence-corrected chi connectivity index (χ0v) is 17.8. The third-order valence-corrected chi connectivity index (χ3v) is 6.16. The number of fused-ring (bicyclic) bond motifs is 2. The van der Waals surface area contributed by atoms with Gasteiger partial charge in [-0.1, -0.05) is 12.1 Å². The van der Waals surface area contributed by atoms with Gasteiger partial charge in [0.1, 0.15) is 0 Å². The highest BCUT2D eigenvalue weighted by molar-refractivity contribution is 5.98. The van der Waals surface area contributed by atoms with Gasteiger partial charge in [-0.15, -0.1) is 0 Å². The number of aryl methyl sites for hydroxylation is 2. The summed E-state index contributed by atoms with van der Waals surface area (Å²) in [7, 11) is 0. The first-order valence-corrected chi connectivity index (χ1v) is 10.8. The highest BCUT2D eigenvalue weighted by atomic mass is 16.2. The predicted octanol–water partition coefficient (Wildman–Crippen LogP) is 4.06. The van der Waals surface area contributed by atoms with E-state index in [1.165, 1.54) is 29.7 Å². The summed E-state index contributed by atoms with van der Waals surface area (Å²) in [6, 6.07) is 6.09. The molecule has 1 aliphatic heterocycles. The van der Waals surface area contributed by atoms with E-state index in [0.717, 1.165) is 30.4 Å². The highest BCUT2D eigenvalue weighted by Crippen LogP contribution is 2.26. The molecule has 2 aliphatic rings. The molecule has 0 fully saturated rings. The molecule has 0 atom stereocenters. The number of hydrogen-bond donors (Lipinski definition) is 0. The number of nitrogens with zero attached hydrogens (tertiary/aromatic N) is 3. The number of Topliss-reactive ketones (excluding diaryl/α,β-unsaturated/α-hetero) is 1. The van der Waals surface area contributed by atoms with Gasteiger partial charge in [-0.05, 0) is 63.6 Å². The first-order chi connectivity index (χ1) is 13.8. The van der Waals surface area contributed by atoms with E-state index >= 15 is 0 Å². The van der Waals surface area contributed by atoms with Crippen LogP contribution in [0.3, 0.4) is 0 Å². The second-order valence-electron chi connectivity index (χ2n) is 9.38. The number of ketones is 1. The summed E-state index contributed by atoms with van der Waals surface area (Å²) in [6.07, 6.45) is 7.88. The molecular weight excluding hydrogens is 362 g/mol. The lowest BCUT2D eigenvalue weighted by atomic mass is 9.89. The van der Waals surface area contributed by atoms with Crippen LogP contribution in [0.15, 0.2) is 24.4 Å². The number of carbonyl (C=O) groups is 2. The summed E-state index contributed by atoms with van der Waals surface area (Å²) in [5.41, 5.74) is 5.75. The Kier molecular flexibility index (Phi) is 5.32. The molecule has 154 valence electrons. The Labute approximate surface area is 173 Å². The lowest BCUT2D eigenvalue weighted by Crippen LogP contribution is -2.37. The quantitative estimate of drug-likeness (QED) is 0.736. The van der Waals surface area contributed by atoms with Gasteiger partial charge in [-0.25, -0.2) is 0 Å². The minimum atomic E-state index is -0.0545. The topological polar surface area (TPSA) is 55.2 Å². The zero-order valence-electron chi connectivity index (χ0n) is 17.8. The molecule has 4 rings (SSSR count). The number of rotatable bonds is 4. The third-order valence-electron chi connectivity index (χ3n) is 6.16. The van der Waals surface area contributed by atoms with Crippen LogP contribution in [0.2, 0.25) is 0 Å². The molecule has 5 heteroatoms. The van der Waals surface area contributed by atoms with Crippen molar-refractivity contribution in [2.75, 3.05) is 6.54 Å². The van der Waals surface area contributed by atoms with E-state index in [1.54, 1.807) is 0 Å². The summed E-state index contributed by atoms with van der Waals surface area (Å²) in [6.45, 7) is 7.72.